The molecule has 0 spiro atoms. The first-order valence-corrected chi connectivity index (χ1v) is 8.36. The van der Waals surface area contributed by atoms with Crippen LogP contribution in [0.1, 0.15) is 5.56 Å². The summed E-state index contributed by atoms with van der Waals surface area (Å²) in [7, 11) is 0. The number of morpholine rings is 1. The van der Waals surface area contributed by atoms with Gasteiger partial charge in [0.25, 0.3) is 5.91 Å². The first kappa shape index (κ1) is 16.9. The Hall–Kier alpha value is -2.96. The van der Waals surface area contributed by atoms with Gasteiger partial charge in [0.05, 0.1) is 13.2 Å². The number of phenols is 1. The second-order valence-corrected chi connectivity index (χ2v) is 6.16. The molecule has 1 saturated heterocycles. The van der Waals surface area contributed by atoms with Crippen molar-refractivity contribution in [1.29, 1.82) is 5.26 Å². The Morgan fingerprint density at radius 1 is 1.32 bits per heavy atom. The van der Waals surface area contributed by atoms with Gasteiger partial charge in [-0.05, 0) is 23.8 Å². The summed E-state index contributed by atoms with van der Waals surface area (Å²) < 4.78 is 5.29. The standard InChI is InChI=1S/C16H15N5O3S/c17-10-12(9-11-1-3-13(22)4-2-11)14(23)18-15-19-20-16(25-15)21-5-7-24-8-6-21/h1-4,9,22H,5-8H2,(H,18,19,23)/b12-9-. The Morgan fingerprint density at radius 2 is 2.04 bits per heavy atom. The monoisotopic (exact) mass is 357 g/mol. The highest BCUT2D eigenvalue weighted by atomic mass is 32.1. The quantitative estimate of drug-likeness (QED) is 0.632. The zero-order valence-corrected chi connectivity index (χ0v) is 14.0. The molecule has 0 aliphatic carbocycles. The average Bonchev–Trinajstić information content (AvgIpc) is 3.10. The smallest absolute Gasteiger partial charge is 0.268 e. The van der Waals surface area contributed by atoms with E-state index in [0.717, 1.165) is 13.1 Å². The molecule has 25 heavy (non-hydrogen) atoms. The average molecular weight is 357 g/mol. The number of rotatable bonds is 4. The lowest BCUT2D eigenvalue weighted by Gasteiger charge is -2.25. The SMILES string of the molecule is N#C/C(=C/c1ccc(O)cc1)C(=O)Nc1nnc(N2CCOCC2)s1. The maximum atomic E-state index is 12.3. The second kappa shape index (κ2) is 7.74. The number of aromatic nitrogens is 2. The van der Waals surface area contributed by atoms with Gasteiger partial charge in [-0.1, -0.05) is 23.5 Å². The predicted molar refractivity (Wildman–Crippen MR) is 93.3 cm³/mol. The number of phenolic OH excluding ortho intramolecular Hbond substituents is 1. The number of hydrogen-bond acceptors (Lipinski definition) is 8. The molecular weight excluding hydrogens is 342 g/mol. The molecule has 0 bridgehead atoms. The van der Waals surface area contributed by atoms with Crippen molar-refractivity contribution in [2.45, 2.75) is 0 Å². The number of aromatic hydroxyl groups is 1. The summed E-state index contributed by atoms with van der Waals surface area (Å²) in [6.07, 6.45) is 1.44. The number of carbonyl (C=O) groups excluding carboxylic acids is 1. The van der Waals surface area contributed by atoms with Gasteiger partial charge in [-0.25, -0.2) is 0 Å². The summed E-state index contributed by atoms with van der Waals surface area (Å²) >= 11 is 1.25. The molecule has 3 rings (SSSR count). The van der Waals surface area contributed by atoms with Crippen molar-refractivity contribution in [3.05, 3.63) is 35.4 Å². The topological polar surface area (TPSA) is 111 Å². The maximum Gasteiger partial charge on any atom is 0.268 e. The number of anilines is 2. The zero-order chi connectivity index (χ0) is 17.6. The molecule has 1 aromatic carbocycles. The Labute approximate surface area is 148 Å². The van der Waals surface area contributed by atoms with Crippen molar-refractivity contribution in [1.82, 2.24) is 10.2 Å². The molecule has 0 atom stereocenters. The fourth-order valence-electron chi connectivity index (χ4n) is 2.20. The lowest BCUT2D eigenvalue weighted by atomic mass is 10.1. The lowest BCUT2D eigenvalue weighted by Crippen LogP contribution is -2.36. The fourth-order valence-corrected chi connectivity index (χ4v) is 2.99. The van der Waals surface area contributed by atoms with Gasteiger partial charge in [-0.3, -0.25) is 10.1 Å². The molecule has 0 unspecified atom stereocenters. The van der Waals surface area contributed by atoms with E-state index in [1.165, 1.54) is 29.5 Å². The van der Waals surface area contributed by atoms with Crippen molar-refractivity contribution >= 4 is 33.6 Å². The van der Waals surface area contributed by atoms with Crippen molar-refractivity contribution in [2.75, 3.05) is 36.5 Å². The molecule has 0 saturated carbocycles. The minimum absolute atomic E-state index is 0.0613. The molecular formula is C16H15N5O3S. The van der Waals surface area contributed by atoms with E-state index in [9.17, 15) is 15.2 Å². The van der Waals surface area contributed by atoms with Crippen LogP contribution in [0, 0.1) is 11.3 Å². The highest BCUT2D eigenvalue weighted by Gasteiger charge is 2.17. The Morgan fingerprint density at radius 3 is 2.72 bits per heavy atom. The molecule has 1 aromatic heterocycles. The number of ether oxygens (including phenoxy) is 1. The third-order valence-electron chi connectivity index (χ3n) is 3.49. The van der Waals surface area contributed by atoms with Crippen LogP contribution in [0.5, 0.6) is 5.75 Å². The lowest BCUT2D eigenvalue weighted by molar-refractivity contribution is -0.112. The number of nitrogens with zero attached hydrogens (tertiary/aromatic N) is 4. The van der Waals surface area contributed by atoms with E-state index in [4.69, 9.17) is 4.74 Å². The first-order valence-electron chi connectivity index (χ1n) is 7.54. The molecule has 2 N–H and O–H groups in total. The molecule has 1 amide bonds. The molecule has 1 fully saturated rings. The van der Waals surface area contributed by atoms with Crippen LogP contribution >= 0.6 is 11.3 Å². The molecule has 128 valence electrons. The van der Waals surface area contributed by atoms with E-state index in [-0.39, 0.29) is 11.3 Å². The predicted octanol–water partition coefficient (Wildman–Crippen LogP) is 1.63. The van der Waals surface area contributed by atoms with Crippen LogP contribution < -0.4 is 10.2 Å². The molecule has 1 aliphatic rings. The highest BCUT2D eigenvalue weighted by molar-refractivity contribution is 7.19. The minimum Gasteiger partial charge on any atom is -0.508 e. The molecule has 1 aliphatic heterocycles. The second-order valence-electron chi connectivity index (χ2n) is 5.20. The number of nitrogens with one attached hydrogen (secondary N) is 1. The maximum absolute atomic E-state index is 12.3. The van der Waals surface area contributed by atoms with Crippen LogP contribution in [-0.4, -0.2) is 47.5 Å². The van der Waals surface area contributed by atoms with Crippen LogP contribution in [0.15, 0.2) is 29.8 Å². The Bertz CT molecular complexity index is 819. The molecule has 2 aromatic rings. The Balaban J connectivity index is 1.69. The third kappa shape index (κ3) is 4.32. The van der Waals surface area contributed by atoms with E-state index < -0.39 is 5.91 Å². The minimum atomic E-state index is -0.555. The van der Waals surface area contributed by atoms with Gasteiger partial charge < -0.3 is 14.7 Å². The van der Waals surface area contributed by atoms with E-state index in [1.54, 1.807) is 12.1 Å². The number of amides is 1. The van der Waals surface area contributed by atoms with Crippen molar-refractivity contribution in [3.63, 3.8) is 0 Å². The summed E-state index contributed by atoms with van der Waals surface area (Å²) in [5.74, 6) is -0.440. The van der Waals surface area contributed by atoms with Gasteiger partial charge in [-0.15, -0.1) is 10.2 Å². The van der Waals surface area contributed by atoms with Gasteiger partial charge in [-0.2, -0.15) is 5.26 Å². The van der Waals surface area contributed by atoms with Crippen molar-refractivity contribution in [2.24, 2.45) is 0 Å². The van der Waals surface area contributed by atoms with Crippen LogP contribution in [-0.2, 0) is 9.53 Å². The summed E-state index contributed by atoms with van der Waals surface area (Å²) in [6.45, 7) is 2.73. The summed E-state index contributed by atoms with van der Waals surface area (Å²) in [4.78, 5) is 14.3. The third-order valence-corrected chi connectivity index (χ3v) is 4.39. The molecule has 0 radical (unpaired) electrons. The number of nitriles is 1. The fraction of sp³-hybridized carbons (Fsp3) is 0.250. The van der Waals surface area contributed by atoms with Gasteiger partial charge in [0, 0.05) is 13.1 Å². The van der Waals surface area contributed by atoms with Gasteiger partial charge >= 0.3 is 0 Å². The van der Waals surface area contributed by atoms with Crippen LogP contribution in [0.3, 0.4) is 0 Å². The first-order chi connectivity index (χ1) is 12.2. The molecule has 8 nitrogen and oxygen atoms in total. The van der Waals surface area contributed by atoms with Gasteiger partial charge in [0.15, 0.2) is 0 Å². The Kier molecular flexibility index (Phi) is 5.23. The van der Waals surface area contributed by atoms with Crippen LogP contribution in [0.2, 0.25) is 0 Å². The highest BCUT2D eigenvalue weighted by Crippen LogP contribution is 2.25. The normalized spacial score (nSPS) is 14.8. The molecule has 9 heteroatoms. The van der Waals surface area contributed by atoms with Crippen molar-refractivity contribution in [3.8, 4) is 11.8 Å². The number of benzene rings is 1. The van der Waals surface area contributed by atoms with Crippen LogP contribution in [0.4, 0.5) is 10.3 Å². The summed E-state index contributed by atoms with van der Waals surface area (Å²) in [5.41, 5.74) is 0.574. The van der Waals surface area contributed by atoms with Crippen molar-refractivity contribution < 1.29 is 14.6 Å². The van der Waals surface area contributed by atoms with Crippen LogP contribution in [0.25, 0.3) is 6.08 Å². The van der Waals surface area contributed by atoms with E-state index in [2.05, 4.69) is 15.5 Å². The largest absolute Gasteiger partial charge is 0.508 e. The summed E-state index contributed by atoms with van der Waals surface area (Å²) in [5, 5.41) is 30.1. The van der Waals surface area contributed by atoms with Gasteiger partial charge in [0.2, 0.25) is 10.3 Å². The molecule has 2 heterocycles. The van der Waals surface area contributed by atoms with Gasteiger partial charge in [0.1, 0.15) is 17.4 Å². The zero-order valence-electron chi connectivity index (χ0n) is 13.2. The van der Waals surface area contributed by atoms with E-state index >= 15 is 0 Å². The van der Waals surface area contributed by atoms with E-state index in [0.29, 0.717) is 29.0 Å². The number of carbonyl (C=O) groups is 1. The summed E-state index contributed by atoms with van der Waals surface area (Å²) in [6, 6.07) is 8.06. The van der Waals surface area contributed by atoms with E-state index in [1.807, 2.05) is 11.0 Å². The number of hydrogen-bond donors (Lipinski definition) is 2.